The first-order valence-corrected chi connectivity index (χ1v) is 10.8. The molecule has 0 saturated carbocycles. The van der Waals surface area contributed by atoms with Crippen molar-refractivity contribution in [3.05, 3.63) is 29.3 Å². The zero-order valence-electron chi connectivity index (χ0n) is 16.4. The second-order valence-electron chi connectivity index (χ2n) is 6.32. The van der Waals surface area contributed by atoms with E-state index in [0.29, 0.717) is 32.0 Å². The van der Waals surface area contributed by atoms with Gasteiger partial charge in [-0.05, 0) is 38.3 Å². The number of ether oxygens (including phenoxy) is 1. The van der Waals surface area contributed by atoms with Crippen LogP contribution in [0.25, 0.3) is 0 Å². The topological polar surface area (TPSA) is 91.8 Å². The predicted octanol–water partition coefficient (Wildman–Crippen LogP) is 1.78. The van der Waals surface area contributed by atoms with Gasteiger partial charge in [0.05, 0.1) is 12.4 Å². The van der Waals surface area contributed by atoms with Crippen LogP contribution in [0.2, 0.25) is 0 Å². The molecule has 26 heavy (non-hydrogen) atoms. The number of nitrogens with one attached hydrogen (secondary N) is 3. The third kappa shape index (κ3) is 9.05. The van der Waals surface area contributed by atoms with Crippen LogP contribution >= 0.6 is 0 Å². The number of hydrogen-bond acceptors (Lipinski definition) is 4. The fourth-order valence-corrected chi connectivity index (χ4v) is 2.69. The minimum atomic E-state index is -3.13. The number of aliphatic imine (C=N–C) groups is 1. The van der Waals surface area contributed by atoms with E-state index in [1.807, 2.05) is 6.92 Å². The number of nitrogens with zero attached hydrogens (tertiary/aromatic N) is 1. The van der Waals surface area contributed by atoms with Gasteiger partial charge in [0.1, 0.15) is 5.75 Å². The molecule has 0 saturated heterocycles. The molecular weight excluding hydrogens is 352 g/mol. The van der Waals surface area contributed by atoms with Gasteiger partial charge in [0.15, 0.2) is 5.96 Å². The summed E-state index contributed by atoms with van der Waals surface area (Å²) in [5, 5.41) is 6.44. The molecule has 0 fully saturated rings. The molecule has 0 heterocycles. The summed E-state index contributed by atoms with van der Waals surface area (Å²) in [7, 11) is -1.43. The van der Waals surface area contributed by atoms with E-state index in [9.17, 15) is 8.42 Å². The Balaban J connectivity index is 2.53. The van der Waals surface area contributed by atoms with Gasteiger partial charge in [0.2, 0.25) is 10.0 Å². The number of guanidine groups is 1. The summed E-state index contributed by atoms with van der Waals surface area (Å²) in [6.45, 7) is 7.81. The molecule has 0 radical (unpaired) electrons. The summed E-state index contributed by atoms with van der Waals surface area (Å²) < 4.78 is 30.5. The maximum Gasteiger partial charge on any atom is 0.208 e. The maximum atomic E-state index is 11.0. The van der Waals surface area contributed by atoms with Crippen molar-refractivity contribution in [2.45, 2.75) is 46.3 Å². The lowest BCUT2D eigenvalue weighted by Crippen LogP contribution is -2.38. The van der Waals surface area contributed by atoms with E-state index in [1.54, 1.807) is 7.05 Å². The molecule has 1 aromatic carbocycles. The van der Waals surface area contributed by atoms with E-state index in [-0.39, 0.29) is 6.10 Å². The van der Waals surface area contributed by atoms with Gasteiger partial charge in [-0.1, -0.05) is 19.1 Å². The van der Waals surface area contributed by atoms with E-state index in [1.165, 1.54) is 0 Å². The summed E-state index contributed by atoms with van der Waals surface area (Å²) in [5.74, 6) is 1.55. The first-order valence-electron chi connectivity index (χ1n) is 8.90. The van der Waals surface area contributed by atoms with Gasteiger partial charge in [-0.15, -0.1) is 0 Å². The van der Waals surface area contributed by atoms with Crippen molar-refractivity contribution in [1.29, 1.82) is 0 Å². The van der Waals surface area contributed by atoms with Crippen LogP contribution < -0.4 is 20.1 Å². The van der Waals surface area contributed by atoms with E-state index in [2.05, 4.69) is 52.4 Å². The highest BCUT2D eigenvalue weighted by Crippen LogP contribution is 2.22. The van der Waals surface area contributed by atoms with Crippen LogP contribution in [0.3, 0.4) is 0 Å². The molecule has 0 aliphatic rings. The van der Waals surface area contributed by atoms with Gasteiger partial charge in [-0.2, -0.15) is 0 Å². The fourth-order valence-electron chi connectivity index (χ4n) is 2.17. The fraction of sp³-hybridized carbons (Fsp3) is 0.611. The van der Waals surface area contributed by atoms with Crippen molar-refractivity contribution in [1.82, 2.24) is 15.4 Å². The van der Waals surface area contributed by atoms with E-state index >= 15 is 0 Å². The quantitative estimate of drug-likeness (QED) is 0.325. The minimum Gasteiger partial charge on any atom is -0.490 e. The van der Waals surface area contributed by atoms with Gasteiger partial charge in [-0.25, -0.2) is 13.1 Å². The Labute approximate surface area is 157 Å². The predicted molar refractivity (Wildman–Crippen MR) is 107 cm³/mol. The molecule has 0 spiro atoms. The summed E-state index contributed by atoms with van der Waals surface area (Å²) in [4.78, 5) is 4.19. The van der Waals surface area contributed by atoms with Gasteiger partial charge in [-0.3, -0.25) is 4.99 Å². The molecule has 0 bridgehead atoms. The van der Waals surface area contributed by atoms with E-state index in [0.717, 1.165) is 29.6 Å². The molecule has 148 valence electrons. The van der Waals surface area contributed by atoms with Crippen molar-refractivity contribution >= 4 is 16.0 Å². The van der Waals surface area contributed by atoms with Crippen molar-refractivity contribution in [2.24, 2.45) is 4.99 Å². The number of aryl methyl sites for hydroxylation is 1. The summed E-state index contributed by atoms with van der Waals surface area (Å²) in [5.41, 5.74) is 2.23. The highest BCUT2D eigenvalue weighted by Gasteiger charge is 2.09. The molecule has 3 N–H and O–H groups in total. The van der Waals surface area contributed by atoms with Gasteiger partial charge >= 0.3 is 0 Å². The van der Waals surface area contributed by atoms with Crippen LogP contribution in [0.15, 0.2) is 23.2 Å². The van der Waals surface area contributed by atoms with Gasteiger partial charge in [0.25, 0.3) is 0 Å². The largest absolute Gasteiger partial charge is 0.490 e. The Morgan fingerprint density at radius 2 is 2.00 bits per heavy atom. The molecular formula is C18H32N4O3S. The third-order valence-electron chi connectivity index (χ3n) is 3.81. The minimum absolute atomic E-state index is 0.162. The molecule has 0 aliphatic heterocycles. The van der Waals surface area contributed by atoms with E-state index < -0.39 is 10.0 Å². The lowest BCUT2D eigenvalue weighted by Gasteiger charge is -2.18. The Kier molecular flexibility index (Phi) is 9.43. The van der Waals surface area contributed by atoms with Crippen molar-refractivity contribution in [3.8, 4) is 5.75 Å². The molecule has 1 unspecified atom stereocenters. The van der Waals surface area contributed by atoms with Crippen molar-refractivity contribution in [2.75, 3.05) is 26.4 Å². The standard InChI is InChI=1S/C18H32N4O3S/c1-6-15(3)25-17-12-14(2)8-9-16(17)13-21-18(19-4)20-10-7-11-22-26(5,23)24/h8-9,12,15,22H,6-7,10-11,13H2,1-5H3,(H2,19,20,21). The zero-order chi connectivity index (χ0) is 19.6. The Morgan fingerprint density at radius 3 is 2.62 bits per heavy atom. The maximum absolute atomic E-state index is 11.0. The normalized spacial score (nSPS) is 13.3. The number of rotatable bonds is 10. The third-order valence-corrected chi connectivity index (χ3v) is 4.53. The van der Waals surface area contributed by atoms with Crippen LogP contribution in [-0.4, -0.2) is 46.9 Å². The number of hydrogen-bond donors (Lipinski definition) is 3. The zero-order valence-corrected chi connectivity index (χ0v) is 17.2. The molecule has 0 aliphatic carbocycles. The summed E-state index contributed by atoms with van der Waals surface area (Å²) in [6, 6.07) is 6.17. The molecule has 0 amide bonds. The average molecular weight is 385 g/mol. The summed E-state index contributed by atoms with van der Waals surface area (Å²) in [6.07, 6.45) is 2.93. The van der Waals surface area contributed by atoms with Gasteiger partial charge in [0, 0.05) is 32.2 Å². The molecule has 1 rings (SSSR count). The highest BCUT2D eigenvalue weighted by atomic mass is 32.2. The van der Waals surface area contributed by atoms with E-state index in [4.69, 9.17) is 4.74 Å². The monoisotopic (exact) mass is 384 g/mol. The van der Waals surface area contributed by atoms with Crippen molar-refractivity contribution in [3.63, 3.8) is 0 Å². The van der Waals surface area contributed by atoms with Crippen LogP contribution in [-0.2, 0) is 16.6 Å². The Hall–Kier alpha value is -1.80. The van der Waals surface area contributed by atoms with Gasteiger partial charge < -0.3 is 15.4 Å². The van der Waals surface area contributed by atoms with Crippen LogP contribution in [0.1, 0.15) is 37.8 Å². The van der Waals surface area contributed by atoms with Crippen molar-refractivity contribution < 1.29 is 13.2 Å². The molecule has 1 aromatic rings. The molecule has 1 atom stereocenters. The lowest BCUT2D eigenvalue weighted by atomic mass is 10.1. The first-order chi connectivity index (χ1) is 12.2. The molecule has 7 nitrogen and oxygen atoms in total. The van der Waals surface area contributed by atoms with Crippen LogP contribution in [0.5, 0.6) is 5.75 Å². The Bertz CT molecular complexity index is 690. The first kappa shape index (κ1) is 22.2. The highest BCUT2D eigenvalue weighted by molar-refractivity contribution is 7.88. The average Bonchev–Trinajstić information content (AvgIpc) is 2.57. The lowest BCUT2D eigenvalue weighted by molar-refractivity contribution is 0.215. The van der Waals surface area contributed by atoms with Crippen LogP contribution in [0.4, 0.5) is 0 Å². The number of sulfonamides is 1. The SMILES string of the molecule is CCC(C)Oc1cc(C)ccc1CNC(=NC)NCCCNS(C)(=O)=O. The Morgan fingerprint density at radius 1 is 1.27 bits per heavy atom. The molecule has 8 heteroatoms. The van der Waals surface area contributed by atoms with Crippen LogP contribution in [0, 0.1) is 6.92 Å². The molecule has 0 aromatic heterocycles. The second kappa shape index (κ2) is 11.0. The summed E-state index contributed by atoms with van der Waals surface area (Å²) >= 11 is 0. The second-order valence-corrected chi connectivity index (χ2v) is 8.15. The smallest absolute Gasteiger partial charge is 0.208 e. The number of benzene rings is 1.